The van der Waals surface area contributed by atoms with Crippen molar-refractivity contribution in [2.24, 2.45) is 0 Å². The monoisotopic (exact) mass is 338 g/mol. The van der Waals surface area contributed by atoms with Gasteiger partial charge in [-0.2, -0.15) is 0 Å². The van der Waals surface area contributed by atoms with E-state index in [2.05, 4.69) is 31.0 Å². The fourth-order valence-corrected chi connectivity index (χ4v) is 3.71. The molecule has 0 saturated carbocycles. The molecule has 1 atom stereocenters. The van der Waals surface area contributed by atoms with Gasteiger partial charge in [0.15, 0.2) is 0 Å². The van der Waals surface area contributed by atoms with Crippen LogP contribution in [0.1, 0.15) is 24.8 Å². The van der Waals surface area contributed by atoms with E-state index in [1.54, 1.807) is 0 Å². The molecule has 0 radical (unpaired) electrons. The van der Waals surface area contributed by atoms with Gasteiger partial charge >= 0.3 is 6.09 Å². The van der Waals surface area contributed by atoms with Crippen molar-refractivity contribution in [1.82, 2.24) is 4.90 Å². The average molecular weight is 338 g/mol. The van der Waals surface area contributed by atoms with Crippen molar-refractivity contribution in [2.75, 3.05) is 25.0 Å². The summed E-state index contributed by atoms with van der Waals surface area (Å²) in [4.78, 5) is 15.8. The Bertz CT molecular complexity index is 744. The molecule has 0 aromatic heterocycles. The third-order valence-electron chi connectivity index (χ3n) is 5.11. The largest absolute Gasteiger partial charge is 0.465 e. The summed E-state index contributed by atoms with van der Waals surface area (Å²) >= 11 is 0. The van der Waals surface area contributed by atoms with E-state index in [-0.39, 0.29) is 0 Å². The summed E-state index contributed by atoms with van der Waals surface area (Å²) in [6, 6.07) is 16.5. The predicted molar refractivity (Wildman–Crippen MR) is 102 cm³/mol. The Labute approximate surface area is 149 Å². The summed E-state index contributed by atoms with van der Waals surface area (Å²) in [5.74, 6) is 0. The van der Waals surface area contributed by atoms with E-state index >= 15 is 0 Å². The van der Waals surface area contributed by atoms with Gasteiger partial charge in [-0.1, -0.05) is 48.0 Å². The molecule has 1 heterocycles. The van der Waals surface area contributed by atoms with Crippen LogP contribution in [0.5, 0.6) is 0 Å². The number of amides is 1. The van der Waals surface area contributed by atoms with Gasteiger partial charge < -0.3 is 10.0 Å². The number of nitrogens with zero attached hydrogens (tertiary/aromatic N) is 2. The number of carboxylic acid groups (broad SMARTS) is 1. The molecule has 4 heteroatoms. The molecule has 132 valence electrons. The molecule has 1 aliphatic rings. The van der Waals surface area contributed by atoms with Gasteiger partial charge in [0.25, 0.3) is 0 Å². The van der Waals surface area contributed by atoms with Crippen LogP contribution in [0.4, 0.5) is 10.5 Å². The molecular weight excluding hydrogens is 312 g/mol. The molecule has 4 nitrogen and oxygen atoms in total. The van der Waals surface area contributed by atoms with Crippen LogP contribution in [0.3, 0.4) is 0 Å². The van der Waals surface area contributed by atoms with Crippen LogP contribution in [0.15, 0.2) is 48.5 Å². The Morgan fingerprint density at radius 3 is 2.72 bits per heavy atom. The Morgan fingerprint density at radius 2 is 2.04 bits per heavy atom. The maximum atomic E-state index is 11.9. The van der Waals surface area contributed by atoms with Crippen LogP contribution in [-0.4, -0.2) is 42.3 Å². The zero-order valence-corrected chi connectivity index (χ0v) is 15.0. The second-order valence-corrected chi connectivity index (χ2v) is 6.89. The summed E-state index contributed by atoms with van der Waals surface area (Å²) in [7, 11) is 2.13. The first-order chi connectivity index (χ1) is 12.1. The number of hydrogen-bond acceptors (Lipinski definition) is 2. The van der Waals surface area contributed by atoms with Crippen LogP contribution in [0.25, 0.3) is 11.1 Å². The number of carbonyl (C=O) groups is 1. The number of para-hydroxylation sites is 1. The molecule has 3 rings (SSSR count). The van der Waals surface area contributed by atoms with E-state index in [0.717, 1.165) is 36.2 Å². The minimum atomic E-state index is -0.888. The van der Waals surface area contributed by atoms with Crippen molar-refractivity contribution < 1.29 is 9.90 Å². The topological polar surface area (TPSA) is 43.8 Å². The number of rotatable bonds is 5. The lowest BCUT2D eigenvalue weighted by Gasteiger charge is -2.26. The second-order valence-electron chi connectivity index (χ2n) is 6.89. The molecule has 2 aromatic rings. The molecule has 0 aliphatic carbocycles. The lowest BCUT2D eigenvalue weighted by molar-refractivity contribution is 0.200. The summed E-state index contributed by atoms with van der Waals surface area (Å²) in [5, 5.41) is 9.80. The summed E-state index contributed by atoms with van der Waals surface area (Å²) in [5.41, 5.74) is 3.95. The molecule has 1 unspecified atom stereocenters. The zero-order valence-electron chi connectivity index (χ0n) is 15.0. The third kappa shape index (κ3) is 4.02. The standard InChI is InChI=1S/C21H26N2O2/c1-16-7-5-8-17(15-16)19-10-3-4-11-20(19)23(21(24)25)14-12-18-9-6-13-22(18)2/h3-5,7-8,10-11,15,18H,6,9,12-14H2,1-2H3,(H,24,25). The van der Waals surface area contributed by atoms with E-state index in [9.17, 15) is 9.90 Å². The quantitative estimate of drug-likeness (QED) is 0.864. The van der Waals surface area contributed by atoms with Gasteiger partial charge in [0.1, 0.15) is 0 Å². The van der Waals surface area contributed by atoms with Crippen molar-refractivity contribution >= 4 is 11.8 Å². The van der Waals surface area contributed by atoms with Crippen molar-refractivity contribution in [1.29, 1.82) is 0 Å². The first-order valence-corrected chi connectivity index (χ1v) is 8.93. The maximum Gasteiger partial charge on any atom is 0.411 e. The minimum absolute atomic E-state index is 0.480. The van der Waals surface area contributed by atoms with E-state index in [0.29, 0.717) is 12.6 Å². The van der Waals surface area contributed by atoms with Crippen LogP contribution < -0.4 is 4.90 Å². The molecular formula is C21H26N2O2. The normalized spacial score (nSPS) is 17.6. The van der Waals surface area contributed by atoms with Crippen molar-refractivity contribution in [3.63, 3.8) is 0 Å². The van der Waals surface area contributed by atoms with E-state index < -0.39 is 6.09 Å². The van der Waals surface area contributed by atoms with Crippen molar-refractivity contribution in [2.45, 2.75) is 32.2 Å². The van der Waals surface area contributed by atoms with E-state index in [1.807, 2.05) is 36.4 Å². The lowest BCUT2D eigenvalue weighted by Crippen LogP contribution is -2.35. The Hall–Kier alpha value is -2.33. The van der Waals surface area contributed by atoms with Crippen LogP contribution >= 0.6 is 0 Å². The highest BCUT2D eigenvalue weighted by atomic mass is 16.4. The third-order valence-corrected chi connectivity index (χ3v) is 5.11. The van der Waals surface area contributed by atoms with Crippen LogP contribution in [0.2, 0.25) is 0 Å². The summed E-state index contributed by atoms with van der Waals surface area (Å²) in [6.45, 7) is 3.68. The first kappa shape index (κ1) is 17.5. The highest BCUT2D eigenvalue weighted by molar-refractivity contribution is 5.92. The fourth-order valence-electron chi connectivity index (χ4n) is 3.71. The molecule has 1 fully saturated rings. The van der Waals surface area contributed by atoms with Gasteiger partial charge in [0, 0.05) is 18.2 Å². The number of likely N-dealkylation sites (tertiary alicyclic amines) is 1. The van der Waals surface area contributed by atoms with Gasteiger partial charge in [-0.3, -0.25) is 4.90 Å². The predicted octanol–water partition coefficient (Wildman–Crippen LogP) is 4.63. The number of aryl methyl sites for hydroxylation is 1. The maximum absolute atomic E-state index is 11.9. The van der Waals surface area contributed by atoms with Gasteiger partial charge in [-0.25, -0.2) is 4.79 Å². The highest BCUT2D eigenvalue weighted by Crippen LogP contribution is 2.32. The zero-order chi connectivity index (χ0) is 17.8. The van der Waals surface area contributed by atoms with E-state index in [4.69, 9.17) is 0 Å². The number of benzene rings is 2. The van der Waals surface area contributed by atoms with Gasteiger partial charge in [-0.05, 0) is 51.4 Å². The first-order valence-electron chi connectivity index (χ1n) is 8.93. The average Bonchev–Trinajstić information content (AvgIpc) is 3.00. The van der Waals surface area contributed by atoms with Crippen LogP contribution in [0, 0.1) is 6.92 Å². The van der Waals surface area contributed by atoms with Crippen LogP contribution in [-0.2, 0) is 0 Å². The molecule has 1 N–H and O–H groups in total. The molecule has 1 saturated heterocycles. The summed E-state index contributed by atoms with van der Waals surface area (Å²) in [6.07, 6.45) is 2.34. The lowest BCUT2D eigenvalue weighted by atomic mass is 10.0. The second kappa shape index (κ2) is 7.70. The highest BCUT2D eigenvalue weighted by Gasteiger charge is 2.24. The van der Waals surface area contributed by atoms with Gasteiger partial charge in [0.05, 0.1) is 5.69 Å². The van der Waals surface area contributed by atoms with E-state index in [1.165, 1.54) is 16.9 Å². The summed E-state index contributed by atoms with van der Waals surface area (Å²) < 4.78 is 0. The Balaban J connectivity index is 1.88. The van der Waals surface area contributed by atoms with Gasteiger partial charge in [-0.15, -0.1) is 0 Å². The molecule has 1 aliphatic heterocycles. The molecule has 25 heavy (non-hydrogen) atoms. The molecule has 0 spiro atoms. The minimum Gasteiger partial charge on any atom is -0.465 e. The van der Waals surface area contributed by atoms with Crippen molar-refractivity contribution in [3.8, 4) is 11.1 Å². The molecule has 0 bridgehead atoms. The Kier molecular flexibility index (Phi) is 5.39. The van der Waals surface area contributed by atoms with Gasteiger partial charge in [0.2, 0.25) is 0 Å². The number of anilines is 1. The fraction of sp³-hybridized carbons (Fsp3) is 0.381. The Morgan fingerprint density at radius 1 is 1.24 bits per heavy atom. The number of hydrogen-bond donors (Lipinski definition) is 1. The molecule has 2 aromatic carbocycles. The van der Waals surface area contributed by atoms with Crippen molar-refractivity contribution in [3.05, 3.63) is 54.1 Å². The molecule has 1 amide bonds. The SMILES string of the molecule is Cc1cccc(-c2ccccc2N(CCC2CCCN2C)C(=O)O)c1. The smallest absolute Gasteiger partial charge is 0.411 e.